The smallest absolute Gasteiger partial charge is 0.406 e. The molecular formula is C63H88F3N11O7. The number of esters is 1. The number of nitrogens with one attached hydrogen (secondary N) is 2. The zero-order chi connectivity index (χ0) is 59.3. The average Bonchev–Trinajstić information content (AvgIpc) is 1.59. The highest BCUT2D eigenvalue weighted by Crippen LogP contribution is 2.49. The molecule has 6 bridgehead atoms. The number of carbonyl (C=O) groups is 4. The summed E-state index contributed by atoms with van der Waals surface area (Å²) in [5.41, 5.74) is 6.43. The molecule has 7 aliphatic heterocycles. The van der Waals surface area contributed by atoms with Crippen molar-refractivity contribution in [2.45, 2.75) is 172 Å². The number of likely N-dealkylation sites (tertiary alicyclic amines) is 2. The van der Waals surface area contributed by atoms with Gasteiger partial charge >= 0.3 is 12.1 Å². The Kier molecular flexibility index (Phi) is 15.5. The monoisotopic (exact) mass is 1170 g/mol. The van der Waals surface area contributed by atoms with Gasteiger partial charge in [0.05, 0.1) is 54.7 Å². The number of ether oxygens (including phenoxy) is 3. The zero-order valence-electron chi connectivity index (χ0n) is 50.9. The molecule has 2 aromatic heterocycles. The molecule has 1 aromatic carbocycles. The standard InChI is InChI=1S/C63H88F3N11O7/c1-39(82-5)52-47(30-44(33-67-52)72-25-23-71(24-26-72)42-14-15-42)55-48-32-61(2,3)38-84-60(81)49-11-8-20-77(69-49)58(79)50(31-45-34-73(27-28-83-45)43-16-17-51(46(48)29-43)76(55)37-63(64,65)66)68-57(78)54(40-9-6-7-10-40)74-21-18-62(35-74)19-22-75(36-62)59(80)56-53(70(56)4)41-12-13-41/h16-17,29-30,33,39-42,45,49-50,53-54,56,69H,6-15,18-28,31-32,34-38H2,1-5H3,(H,68,78)/t39-,45-,49-,50-,53+,54-,56+,62-,70?/m0/s1/i53D. The predicted molar refractivity (Wildman–Crippen MR) is 312 cm³/mol. The van der Waals surface area contributed by atoms with E-state index in [0.29, 0.717) is 105 Å². The number of piperazine rings is 1. The lowest BCUT2D eigenvalue weighted by molar-refractivity contribution is -0.156. The molecule has 6 saturated heterocycles. The molecular weight excluding hydrogens is 1080 g/mol. The van der Waals surface area contributed by atoms with Gasteiger partial charge in [-0.2, -0.15) is 13.2 Å². The first-order chi connectivity index (χ1) is 40.7. The summed E-state index contributed by atoms with van der Waals surface area (Å²) >= 11 is 0. The number of rotatable bonds is 12. The Labute approximate surface area is 493 Å². The maximum atomic E-state index is 15.4. The van der Waals surface area contributed by atoms with E-state index in [-0.39, 0.29) is 54.4 Å². The fourth-order valence-electron chi connectivity index (χ4n) is 15.8. The summed E-state index contributed by atoms with van der Waals surface area (Å²) in [7, 11) is 3.48. The molecule has 13 rings (SSSR count). The van der Waals surface area contributed by atoms with Crippen LogP contribution in [0.25, 0.3) is 22.2 Å². The van der Waals surface area contributed by atoms with Gasteiger partial charge < -0.3 is 38.8 Å². The molecule has 3 saturated carbocycles. The van der Waals surface area contributed by atoms with Crippen LogP contribution in [0, 0.1) is 22.7 Å². The number of fused-ring (bicyclic) bond motifs is 6. The maximum absolute atomic E-state index is 15.4. The van der Waals surface area contributed by atoms with E-state index in [2.05, 4.69) is 30.3 Å². The van der Waals surface area contributed by atoms with Crippen molar-refractivity contribution in [3.63, 3.8) is 0 Å². The number of alkyl halides is 3. The molecule has 3 aliphatic carbocycles. The van der Waals surface area contributed by atoms with Gasteiger partial charge in [-0.05, 0) is 133 Å². The molecule has 18 nitrogen and oxygen atoms in total. The third-order valence-corrected chi connectivity index (χ3v) is 20.7. The minimum absolute atomic E-state index is 0.0528. The minimum Gasteiger partial charge on any atom is -0.464 e. The Morgan fingerprint density at radius 2 is 1.70 bits per heavy atom. The van der Waals surface area contributed by atoms with E-state index in [1.54, 1.807) is 13.2 Å². The molecule has 0 radical (unpaired) electrons. The fraction of sp³-hybridized carbons (Fsp3) is 0.730. The molecule has 84 heavy (non-hydrogen) atoms. The van der Waals surface area contributed by atoms with Crippen molar-refractivity contribution in [1.29, 1.82) is 0 Å². The fourth-order valence-corrected chi connectivity index (χ4v) is 15.8. The number of carbonyl (C=O) groups excluding carboxylic acids is 4. The van der Waals surface area contributed by atoms with Crippen LogP contribution in [0.3, 0.4) is 0 Å². The summed E-state index contributed by atoms with van der Waals surface area (Å²) in [6.07, 6.45) is 7.33. The highest BCUT2D eigenvalue weighted by atomic mass is 19.4. The van der Waals surface area contributed by atoms with Crippen LogP contribution in [0.2, 0.25) is 0 Å². The van der Waals surface area contributed by atoms with Crippen molar-refractivity contribution >= 4 is 46.0 Å². The van der Waals surface area contributed by atoms with Crippen molar-refractivity contribution in [2.24, 2.45) is 22.7 Å². The second-order valence-electron chi connectivity index (χ2n) is 27.4. The van der Waals surface area contributed by atoms with E-state index in [1.807, 2.05) is 62.0 Å². The highest BCUT2D eigenvalue weighted by Gasteiger charge is 2.59. The van der Waals surface area contributed by atoms with Gasteiger partial charge in [-0.15, -0.1) is 0 Å². The van der Waals surface area contributed by atoms with Gasteiger partial charge in [0, 0.05) is 125 Å². The Morgan fingerprint density at radius 1 is 0.929 bits per heavy atom. The van der Waals surface area contributed by atoms with E-state index in [1.165, 1.54) is 22.4 Å². The van der Waals surface area contributed by atoms with Crippen LogP contribution in [0.4, 0.5) is 24.5 Å². The summed E-state index contributed by atoms with van der Waals surface area (Å²) < 4.78 is 74.9. The van der Waals surface area contributed by atoms with Crippen molar-refractivity contribution in [1.82, 2.24) is 44.9 Å². The van der Waals surface area contributed by atoms with Gasteiger partial charge in [0.2, 0.25) is 11.8 Å². The third kappa shape index (κ3) is 11.8. The second kappa shape index (κ2) is 22.9. The number of morpholine rings is 1. The van der Waals surface area contributed by atoms with Crippen LogP contribution in [0.5, 0.6) is 0 Å². The van der Waals surface area contributed by atoms with Gasteiger partial charge in [0.1, 0.15) is 24.7 Å². The van der Waals surface area contributed by atoms with Gasteiger partial charge in [0.15, 0.2) is 0 Å². The predicted octanol–water partition coefficient (Wildman–Crippen LogP) is 6.53. The number of methoxy groups -OCH3 is 1. The summed E-state index contributed by atoms with van der Waals surface area (Å²) in [5.74, 6) is -0.726. The number of hydrazine groups is 1. The zero-order valence-corrected chi connectivity index (χ0v) is 49.9. The van der Waals surface area contributed by atoms with Gasteiger partial charge in [-0.1, -0.05) is 26.7 Å². The number of aromatic nitrogens is 2. The van der Waals surface area contributed by atoms with Crippen LogP contribution in [-0.4, -0.2) is 206 Å². The molecule has 21 heteroatoms. The van der Waals surface area contributed by atoms with Crippen LogP contribution < -0.4 is 20.5 Å². The first-order valence-electron chi connectivity index (χ1n) is 32.1. The van der Waals surface area contributed by atoms with Crippen LogP contribution in [0.1, 0.15) is 123 Å². The van der Waals surface area contributed by atoms with Crippen LogP contribution in [0.15, 0.2) is 30.5 Å². The van der Waals surface area contributed by atoms with Gasteiger partial charge in [0.25, 0.3) is 5.91 Å². The van der Waals surface area contributed by atoms with Crippen LogP contribution >= 0.6 is 0 Å². The highest BCUT2D eigenvalue weighted by molar-refractivity contribution is 5.95. The minimum atomic E-state index is -4.60. The Morgan fingerprint density at radius 3 is 2.44 bits per heavy atom. The Bertz CT molecular complexity index is 3040. The molecule has 458 valence electrons. The average molecular weight is 1170 g/mol. The van der Waals surface area contributed by atoms with Gasteiger partial charge in [-0.3, -0.25) is 43.9 Å². The molecule has 3 aromatic rings. The van der Waals surface area contributed by atoms with Crippen molar-refractivity contribution in [2.75, 3.05) is 109 Å². The summed E-state index contributed by atoms with van der Waals surface area (Å²) in [4.78, 5) is 77.1. The number of halogens is 3. The summed E-state index contributed by atoms with van der Waals surface area (Å²) in [6.45, 7) is 11.9. The number of anilines is 2. The number of likely N-dealkylation sites (N-methyl/N-ethyl adjacent to an activating group) is 1. The lowest BCUT2D eigenvalue weighted by Crippen LogP contribution is -2.62. The number of benzene rings is 1. The molecule has 9 fully saturated rings. The molecule has 1 unspecified atom stereocenters. The quantitative estimate of drug-likeness (QED) is 0.149. The molecule has 2 N–H and O–H groups in total. The first kappa shape index (κ1) is 56.7. The lowest BCUT2D eigenvalue weighted by atomic mass is 9.84. The van der Waals surface area contributed by atoms with E-state index >= 15 is 22.8 Å². The number of pyridine rings is 1. The molecule has 1 spiro atoms. The normalized spacial score (nSPS) is 32.0. The SMILES string of the molecule is [2H][C@@]1(C2CC2)[C@H](C(=O)N2CC[C@]3(CCN([C@H](C(=O)N[C@H]4C[C@H]5CN(CCO5)c5ccc6c(c5)c(c(-c5cc(N7CCN(C8CC8)CC7)cnc5[C@H](C)OC)n6CC(F)(F)F)CC(C)(C)COC(=O)[C@@H]5CCCN(N5)C4=O)C4CCCC4)C3)C2)N1C. The molecule has 10 aliphatic rings. The Balaban J connectivity index is 0.821. The maximum Gasteiger partial charge on any atom is 0.406 e. The van der Waals surface area contributed by atoms with Gasteiger partial charge in [-0.25, -0.2) is 5.43 Å². The second-order valence-corrected chi connectivity index (χ2v) is 27.4. The number of amides is 3. The van der Waals surface area contributed by atoms with Crippen molar-refractivity contribution in [3.8, 4) is 11.3 Å². The Hall–Kier alpha value is -5.06. The summed E-state index contributed by atoms with van der Waals surface area (Å²) in [6, 6.07) is 4.69. The third-order valence-electron chi connectivity index (χ3n) is 20.7. The van der Waals surface area contributed by atoms with Crippen LogP contribution in [-0.2, 0) is 46.4 Å². The lowest BCUT2D eigenvalue weighted by Gasteiger charge is -2.39. The van der Waals surface area contributed by atoms with Crippen molar-refractivity contribution in [3.05, 3.63) is 41.7 Å². The van der Waals surface area contributed by atoms with Crippen molar-refractivity contribution < 1.29 is 47.9 Å². The molecule has 3 amide bonds. The number of nitrogens with zero attached hydrogens (tertiary/aromatic N) is 9. The van der Waals surface area contributed by atoms with E-state index in [0.717, 1.165) is 88.9 Å². The summed E-state index contributed by atoms with van der Waals surface area (Å²) in [5, 5.41) is 5.43. The molecule has 9 heterocycles. The van der Waals surface area contributed by atoms with E-state index in [4.69, 9.17) is 20.6 Å². The number of hydrogen-bond donors (Lipinski definition) is 2. The largest absolute Gasteiger partial charge is 0.464 e. The number of hydrogen-bond acceptors (Lipinski definition) is 14. The molecule has 9 atom stereocenters. The topological polar surface area (TPSA) is 160 Å². The van der Waals surface area contributed by atoms with E-state index < -0.39 is 66.5 Å². The first-order valence-corrected chi connectivity index (χ1v) is 31.6. The number of cyclic esters (lactones) is 1. The van der Waals surface area contributed by atoms with E-state index in [9.17, 15) is 9.59 Å².